The van der Waals surface area contributed by atoms with Gasteiger partial charge < -0.3 is 0 Å². The van der Waals surface area contributed by atoms with Gasteiger partial charge in [0.25, 0.3) is 0 Å². The number of nitrogens with zero attached hydrogens (tertiary/aromatic N) is 1. The Morgan fingerprint density at radius 1 is 0.741 bits per heavy atom. The fourth-order valence-corrected chi connectivity index (χ4v) is 4.25. The molecule has 130 valence electrons. The molecule has 0 atom stereocenters. The van der Waals surface area contributed by atoms with E-state index in [-0.39, 0.29) is 0 Å². The second kappa shape index (κ2) is 6.37. The zero-order chi connectivity index (χ0) is 18.4. The average molecular weight is 368 g/mol. The van der Waals surface area contributed by atoms with Gasteiger partial charge in [-0.05, 0) is 63.5 Å². The first-order valence-corrected chi connectivity index (χ1v) is 9.62. The standard InChI is InChI=1S/C25H18ClN/c1-2-16-12-13-27-25-22-9-4-3-8-20(22)23-15-18(10-11-21(23)24(16)25)17-6-5-7-19(26)14-17/h3-15H,2H2,1H3. The van der Waals surface area contributed by atoms with Crippen LogP contribution in [0.15, 0.2) is 79.0 Å². The van der Waals surface area contributed by atoms with Gasteiger partial charge in [-0.3, -0.25) is 4.98 Å². The number of halogens is 1. The summed E-state index contributed by atoms with van der Waals surface area (Å²) in [5.74, 6) is 0. The maximum Gasteiger partial charge on any atom is 0.0789 e. The van der Waals surface area contributed by atoms with Gasteiger partial charge in [0, 0.05) is 22.0 Å². The van der Waals surface area contributed by atoms with Crippen LogP contribution in [0.25, 0.3) is 43.6 Å². The van der Waals surface area contributed by atoms with Crippen LogP contribution in [0.2, 0.25) is 5.02 Å². The van der Waals surface area contributed by atoms with Crippen LogP contribution in [0.1, 0.15) is 12.5 Å². The van der Waals surface area contributed by atoms with E-state index in [4.69, 9.17) is 16.6 Å². The third-order valence-electron chi connectivity index (χ3n) is 5.34. The van der Waals surface area contributed by atoms with Crippen molar-refractivity contribution in [3.8, 4) is 11.1 Å². The molecule has 4 aromatic carbocycles. The lowest BCUT2D eigenvalue weighted by Crippen LogP contribution is -1.91. The number of rotatable bonds is 2. The number of aromatic nitrogens is 1. The van der Waals surface area contributed by atoms with Crippen LogP contribution in [0.4, 0.5) is 0 Å². The van der Waals surface area contributed by atoms with E-state index < -0.39 is 0 Å². The third kappa shape index (κ3) is 2.58. The molecule has 0 aliphatic heterocycles. The first-order valence-electron chi connectivity index (χ1n) is 9.24. The monoisotopic (exact) mass is 367 g/mol. The van der Waals surface area contributed by atoms with E-state index in [1.807, 2.05) is 24.4 Å². The van der Waals surface area contributed by atoms with E-state index >= 15 is 0 Å². The maximum atomic E-state index is 6.22. The van der Waals surface area contributed by atoms with Crippen molar-refractivity contribution in [2.45, 2.75) is 13.3 Å². The Bertz CT molecular complexity index is 1320. The zero-order valence-corrected chi connectivity index (χ0v) is 15.8. The number of benzene rings is 4. The van der Waals surface area contributed by atoms with Crippen molar-refractivity contribution < 1.29 is 0 Å². The van der Waals surface area contributed by atoms with Crippen LogP contribution >= 0.6 is 11.6 Å². The van der Waals surface area contributed by atoms with E-state index in [9.17, 15) is 0 Å². The van der Waals surface area contributed by atoms with Crippen LogP contribution in [0.5, 0.6) is 0 Å². The Morgan fingerprint density at radius 2 is 1.56 bits per heavy atom. The SMILES string of the molecule is CCc1ccnc2c3ccccc3c3cc(-c4cccc(Cl)c4)ccc3c12. The molecule has 0 aliphatic rings. The van der Waals surface area contributed by atoms with Crippen molar-refractivity contribution in [1.82, 2.24) is 4.98 Å². The van der Waals surface area contributed by atoms with Crippen molar-refractivity contribution in [3.63, 3.8) is 0 Å². The quantitative estimate of drug-likeness (QED) is 0.296. The van der Waals surface area contributed by atoms with E-state index in [0.29, 0.717) is 0 Å². The van der Waals surface area contributed by atoms with Crippen LogP contribution in [-0.4, -0.2) is 4.98 Å². The molecule has 1 nitrogen and oxygen atoms in total. The van der Waals surface area contributed by atoms with Gasteiger partial charge in [0.05, 0.1) is 5.52 Å². The van der Waals surface area contributed by atoms with Crippen LogP contribution < -0.4 is 0 Å². The number of fused-ring (bicyclic) bond motifs is 6. The van der Waals surface area contributed by atoms with E-state index in [1.165, 1.54) is 38.1 Å². The molecule has 0 saturated heterocycles. The summed E-state index contributed by atoms with van der Waals surface area (Å²) in [6.07, 6.45) is 2.92. The van der Waals surface area contributed by atoms with Gasteiger partial charge in [0.2, 0.25) is 0 Å². The average Bonchev–Trinajstić information content (AvgIpc) is 2.73. The van der Waals surface area contributed by atoms with Crippen LogP contribution in [-0.2, 0) is 6.42 Å². The zero-order valence-electron chi connectivity index (χ0n) is 15.0. The van der Waals surface area contributed by atoms with E-state index in [1.54, 1.807) is 0 Å². The lowest BCUT2D eigenvalue weighted by Gasteiger charge is -2.14. The lowest BCUT2D eigenvalue weighted by molar-refractivity contribution is 1.15. The summed E-state index contributed by atoms with van der Waals surface area (Å²) in [6, 6.07) is 25.5. The minimum absolute atomic E-state index is 0.758. The summed E-state index contributed by atoms with van der Waals surface area (Å²) < 4.78 is 0. The highest BCUT2D eigenvalue weighted by Gasteiger charge is 2.12. The van der Waals surface area contributed by atoms with Crippen LogP contribution in [0.3, 0.4) is 0 Å². The lowest BCUT2D eigenvalue weighted by atomic mass is 9.92. The molecule has 5 rings (SSSR count). The Labute approximate surface area is 163 Å². The summed E-state index contributed by atoms with van der Waals surface area (Å²) >= 11 is 6.22. The van der Waals surface area contributed by atoms with Gasteiger partial charge >= 0.3 is 0 Å². The Hall–Kier alpha value is -2.90. The largest absolute Gasteiger partial charge is 0.256 e. The number of pyridine rings is 1. The molecule has 5 aromatic rings. The third-order valence-corrected chi connectivity index (χ3v) is 5.57. The van der Waals surface area contributed by atoms with Crippen molar-refractivity contribution in [2.24, 2.45) is 0 Å². The Balaban J connectivity index is 1.95. The molecule has 2 heteroatoms. The van der Waals surface area contributed by atoms with Gasteiger partial charge in [-0.1, -0.05) is 67.1 Å². The van der Waals surface area contributed by atoms with Crippen molar-refractivity contribution in [2.75, 3.05) is 0 Å². The highest BCUT2D eigenvalue weighted by Crippen LogP contribution is 2.38. The molecule has 1 aromatic heterocycles. The van der Waals surface area contributed by atoms with Gasteiger partial charge in [-0.25, -0.2) is 0 Å². The fourth-order valence-electron chi connectivity index (χ4n) is 4.06. The summed E-state index contributed by atoms with van der Waals surface area (Å²) in [6.45, 7) is 2.20. The van der Waals surface area contributed by atoms with E-state index in [2.05, 4.69) is 61.5 Å². The van der Waals surface area contributed by atoms with Gasteiger partial charge in [-0.15, -0.1) is 0 Å². The molecule has 0 radical (unpaired) electrons. The molecule has 0 amide bonds. The molecule has 0 bridgehead atoms. The van der Waals surface area contributed by atoms with Crippen LogP contribution in [0, 0.1) is 0 Å². The maximum absolute atomic E-state index is 6.22. The number of aryl methyl sites for hydroxylation is 1. The summed E-state index contributed by atoms with van der Waals surface area (Å²) in [5, 5.41) is 7.00. The molecule has 0 saturated carbocycles. The molecule has 0 spiro atoms. The van der Waals surface area contributed by atoms with Crippen molar-refractivity contribution in [3.05, 3.63) is 89.6 Å². The molecule has 0 N–H and O–H groups in total. The molecule has 0 unspecified atom stereocenters. The summed E-state index contributed by atoms with van der Waals surface area (Å²) in [5.41, 5.74) is 4.74. The smallest absolute Gasteiger partial charge is 0.0789 e. The highest BCUT2D eigenvalue weighted by atomic mass is 35.5. The van der Waals surface area contributed by atoms with Crippen molar-refractivity contribution in [1.29, 1.82) is 0 Å². The van der Waals surface area contributed by atoms with Gasteiger partial charge in [-0.2, -0.15) is 0 Å². The number of hydrogen-bond donors (Lipinski definition) is 0. The van der Waals surface area contributed by atoms with E-state index in [0.717, 1.165) is 22.5 Å². The van der Waals surface area contributed by atoms with Gasteiger partial charge in [0.1, 0.15) is 0 Å². The summed E-state index contributed by atoms with van der Waals surface area (Å²) in [7, 11) is 0. The second-order valence-electron chi connectivity index (χ2n) is 6.86. The molecule has 0 aliphatic carbocycles. The minimum atomic E-state index is 0.758. The number of hydrogen-bond acceptors (Lipinski definition) is 1. The fraction of sp³-hybridized carbons (Fsp3) is 0.0800. The Morgan fingerprint density at radius 3 is 2.37 bits per heavy atom. The first kappa shape index (κ1) is 16.3. The summed E-state index contributed by atoms with van der Waals surface area (Å²) in [4.78, 5) is 4.74. The van der Waals surface area contributed by atoms with Crippen molar-refractivity contribution >= 4 is 44.0 Å². The molecule has 27 heavy (non-hydrogen) atoms. The molecule has 1 heterocycles. The molecular formula is C25H18ClN. The predicted molar refractivity (Wildman–Crippen MR) is 117 cm³/mol. The minimum Gasteiger partial charge on any atom is -0.256 e. The molecular weight excluding hydrogens is 350 g/mol. The second-order valence-corrected chi connectivity index (χ2v) is 7.30. The topological polar surface area (TPSA) is 12.9 Å². The normalized spacial score (nSPS) is 11.5. The first-order chi connectivity index (χ1) is 13.3. The Kier molecular flexibility index (Phi) is 3.84. The highest BCUT2D eigenvalue weighted by molar-refractivity contribution is 6.31. The molecule has 0 fully saturated rings. The van der Waals surface area contributed by atoms with Gasteiger partial charge in [0.15, 0.2) is 0 Å². The predicted octanol–water partition coefficient (Wildman–Crippen LogP) is 7.42.